The van der Waals surface area contributed by atoms with Crippen molar-refractivity contribution in [2.45, 2.75) is 26.1 Å². The summed E-state index contributed by atoms with van der Waals surface area (Å²) >= 11 is 0. The first kappa shape index (κ1) is 24.3. The Morgan fingerprint density at radius 3 is 2.46 bits per heavy atom. The van der Waals surface area contributed by atoms with E-state index in [0.717, 1.165) is 5.56 Å². The van der Waals surface area contributed by atoms with Gasteiger partial charge < -0.3 is 20.1 Å². The second-order valence-corrected chi connectivity index (χ2v) is 5.01. The summed E-state index contributed by atoms with van der Waals surface area (Å²) in [6.07, 6.45) is -5.17. The van der Waals surface area contributed by atoms with Crippen LogP contribution in [0.25, 0.3) is 0 Å². The number of hydrogen-bond acceptors (Lipinski definition) is 4. The van der Waals surface area contributed by atoms with Crippen LogP contribution in [-0.4, -0.2) is 45.4 Å². The summed E-state index contributed by atoms with van der Waals surface area (Å²) in [7, 11) is 2.70. The Labute approximate surface area is 167 Å². The summed E-state index contributed by atoms with van der Waals surface area (Å²) in [5.74, 6) is 0.103. The van der Waals surface area contributed by atoms with Gasteiger partial charge in [0, 0.05) is 13.1 Å². The van der Waals surface area contributed by atoms with Crippen molar-refractivity contribution >= 4 is 35.9 Å². The number of guanidine groups is 1. The van der Waals surface area contributed by atoms with Gasteiger partial charge in [-0.3, -0.25) is 0 Å². The molecule has 2 N–H and O–H groups in total. The van der Waals surface area contributed by atoms with Gasteiger partial charge in [-0.15, -0.1) is 24.0 Å². The van der Waals surface area contributed by atoms with Gasteiger partial charge in [-0.05, 0) is 24.6 Å². The molecule has 1 rings (SSSR count). The summed E-state index contributed by atoms with van der Waals surface area (Å²) in [6, 6.07) is 4.87. The molecule has 0 atom stereocenters. The van der Waals surface area contributed by atoms with Gasteiger partial charge in [0.05, 0.1) is 27.2 Å². The molecule has 0 spiro atoms. The number of carbonyl (C=O) groups excluding carboxylic acids is 1. The van der Waals surface area contributed by atoms with E-state index in [4.69, 9.17) is 4.74 Å². The fourth-order valence-electron chi connectivity index (χ4n) is 1.95. The number of nitrogens with zero attached hydrogens (tertiary/aromatic N) is 1. The zero-order valence-corrected chi connectivity index (χ0v) is 17.1. The van der Waals surface area contributed by atoms with Crippen molar-refractivity contribution < 1.29 is 27.4 Å². The average Bonchev–Trinajstić information content (AvgIpc) is 2.57. The quantitative estimate of drug-likeness (QED) is 0.267. The lowest BCUT2D eigenvalue weighted by atomic mass is 10.1. The zero-order chi connectivity index (χ0) is 18.9. The third kappa shape index (κ3) is 8.59. The van der Waals surface area contributed by atoms with E-state index in [-0.39, 0.29) is 48.6 Å². The van der Waals surface area contributed by atoms with Crippen LogP contribution in [0, 0.1) is 0 Å². The first-order chi connectivity index (χ1) is 11.8. The highest BCUT2D eigenvalue weighted by Gasteiger charge is 2.26. The van der Waals surface area contributed by atoms with Gasteiger partial charge in [0.2, 0.25) is 0 Å². The number of aliphatic imine (C=N–C) groups is 1. The molecule has 0 saturated heterocycles. The summed E-state index contributed by atoms with van der Waals surface area (Å²) < 4.78 is 46.4. The Kier molecular flexibility index (Phi) is 11.0. The van der Waals surface area contributed by atoms with Crippen LogP contribution >= 0.6 is 24.0 Å². The topological polar surface area (TPSA) is 72.0 Å². The van der Waals surface area contributed by atoms with Crippen molar-refractivity contribution in [3.05, 3.63) is 29.3 Å². The van der Waals surface area contributed by atoms with Crippen molar-refractivity contribution in [2.24, 2.45) is 4.99 Å². The van der Waals surface area contributed by atoms with Gasteiger partial charge in [0.15, 0.2) is 5.96 Å². The van der Waals surface area contributed by atoms with Crippen LogP contribution in [0.3, 0.4) is 0 Å². The lowest BCUT2D eigenvalue weighted by molar-refractivity contribution is -0.132. The molecule has 0 amide bonds. The number of rotatable bonds is 7. The highest BCUT2D eigenvalue weighted by molar-refractivity contribution is 14.0. The fraction of sp³-hybridized carbons (Fsp3) is 0.500. The van der Waals surface area contributed by atoms with Crippen LogP contribution < -0.4 is 15.4 Å². The Balaban J connectivity index is 0.00000625. The van der Waals surface area contributed by atoms with Crippen LogP contribution in [0.1, 0.15) is 29.3 Å². The number of esters is 1. The van der Waals surface area contributed by atoms with Crippen molar-refractivity contribution in [1.82, 2.24) is 10.6 Å². The molecular weight excluding hydrogens is 466 g/mol. The number of carbonyl (C=O) groups is 1. The summed E-state index contributed by atoms with van der Waals surface area (Å²) in [4.78, 5) is 15.8. The molecule has 10 heteroatoms. The molecule has 0 aliphatic carbocycles. The summed E-state index contributed by atoms with van der Waals surface area (Å²) in [5.41, 5.74) is 1.02. The maximum Gasteiger partial charge on any atom is 0.390 e. The smallest absolute Gasteiger partial charge is 0.390 e. The van der Waals surface area contributed by atoms with E-state index in [1.165, 1.54) is 14.2 Å². The van der Waals surface area contributed by atoms with E-state index in [1.54, 1.807) is 18.2 Å². The van der Waals surface area contributed by atoms with Crippen LogP contribution in [0.4, 0.5) is 13.2 Å². The van der Waals surface area contributed by atoms with Crippen molar-refractivity contribution in [2.75, 3.05) is 27.3 Å². The van der Waals surface area contributed by atoms with Crippen LogP contribution in [0.5, 0.6) is 5.75 Å². The second-order valence-electron chi connectivity index (χ2n) is 5.01. The summed E-state index contributed by atoms with van der Waals surface area (Å²) in [6.45, 7) is 2.27. The molecule has 0 fully saturated rings. The molecule has 0 aliphatic heterocycles. The normalized spacial score (nSPS) is 11.4. The Morgan fingerprint density at radius 1 is 1.23 bits per heavy atom. The van der Waals surface area contributed by atoms with Gasteiger partial charge in [-0.2, -0.15) is 13.2 Å². The SMILES string of the molecule is CCNC(=NCc1ccc(C(=O)OC)c(OC)c1)NCCC(F)(F)F.I. The summed E-state index contributed by atoms with van der Waals surface area (Å²) in [5, 5.41) is 5.50. The monoisotopic (exact) mass is 489 g/mol. The first-order valence-corrected chi connectivity index (χ1v) is 7.65. The van der Waals surface area contributed by atoms with Gasteiger partial charge in [0.25, 0.3) is 0 Å². The molecule has 0 aromatic heterocycles. The standard InChI is InChI=1S/C16H22F3N3O3.HI/c1-4-20-15(21-8-7-16(17,18)19)22-10-11-5-6-12(14(23)25-3)13(9-11)24-2;/h5-6,9H,4,7-8,10H2,1-3H3,(H2,20,21,22);1H. The fourth-order valence-corrected chi connectivity index (χ4v) is 1.95. The van der Waals surface area contributed by atoms with Crippen LogP contribution in [0.2, 0.25) is 0 Å². The zero-order valence-electron chi connectivity index (χ0n) is 14.8. The highest BCUT2D eigenvalue weighted by Crippen LogP contribution is 2.21. The number of halogens is 4. The molecule has 6 nitrogen and oxygen atoms in total. The van der Waals surface area contributed by atoms with E-state index >= 15 is 0 Å². The van der Waals surface area contributed by atoms with Crippen LogP contribution in [-0.2, 0) is 11.3 Å². The molecule has 0 radical (unpaired) electrons. The Hall–Kier alpha value is -1.72. The number of nitrogens with one attached hydrogen (secondary N) is 2. The maximum absolute atomic E-state index is 12.2. The molecule has 148 valence electrons. The Morgan fingerprint density at radius 2 is 1.92 bits per heavy atom. The average molecular weight is 489 g/mol. The van der Waals surface area contributed by atoms with E-state index in [0.29, 0.717) is 12.3 Å². The molecule has 0 saturated carbocycles. The van der Waals surface area contributed by atoms with Gasteiger partial charge >= 0.3 is 12.1 Å². The van der Waals surface area contributed by atoms with Gasteiger partial charge in [0.1, 0.15) is 11.3 Å². The van der Waals surface area contributed by atoms with Gasteiger partial charge in [-0.25, -0.2) is 9.79 Å². The number of alkyl halides is 3. The number of hydrogen-bond donors (Lipinski definition) is 2. The van der Waals surface area contributed by atoms with Crippen LogP contribution in [0.15, 0.2) is 23.2 Å². The first-order valence-electron chi connectivity index (χ1n) is 7.65. The largest absolute Gasteiger partial charge is 0.496 e. The predicted molar refractivity (Wildman–Crippen MR) is 103 cm³/mol. The van der Waals surface area contributed by atoms with Crippen molar-refractivity contribution in [1.29, 1.82) is 0 Å². The lowest BCUT2D eigenvalue weighted by Gasteiger charge is -2.13. The minimum atomic E-state index is -4.22. The van der Waals surface area contributed by atoms with Crippen molar-refractivity contribution in [3.63, 3.8) is 0 Å². The molecule has 1 aromatic rings. The second kappa shape index (κ2) is 11.8. The van der Waals surface area contributed by atoms with E-state index < -0.39 is 18.6 Å². The van der Waals surface area contributed by atoms with E-state index in [1.807, 2.05) is 6.92 Å². The molecule has 0 aliphatic rings. The van der Waals surface area contributed by atoms with Gasteiger partial charge in [-0.1, -0.05) is 6.07 Å². The molecule has 1 aromatic carbocycles. The predicted octanol–water partition coefficient (Wildman–Crippen LogP) is 3.11. The van der Waals surface area contributed by atoms with Crippen molar-refractivity contribution in [3.8, 4) is 5.75 Å². The highest BCUT2D eigenvalue weighted by atomic mass is 127. The Bertz CT molecular complexity index is 610. The minimum absolute atomic E-state index is 0. The molecule has 0 bridgehead atoms. The van der Waals surface area contributed by atoms with E-state index in [2.05, 4.69) is 20.4 Å². The molecule has 0 unspecified atom stereocenters. The number of benzene rings is 1. The maximum atomic E-state index is 12.2. The molecule has 0 heterocycles. The number of methoxy groups -OCH3 is 2. The molecule has 26 heavy (non-hydrogen) atoms. The minimum Gasteiger partial charge on any atom is -0.496 e. The number of ether oxygens (including phenoxy) is 2. The lowest BCUT2D eigenvalue weighted by Crippen LogP contribution is -2.38. The van der Waals surface area contributed by atoms with E-state index in [9.17, 15) is 18.0 Å². The third-order valence-corrected chi connectivity index (χ3v) is 3.14. The molecular formula is C16H23F3IN3O3. The third-order valence-electron chi connectivity index (χ3n) is 3.14.